The molecule has 0 aliphatic rings. The van der Waals surface area contributed by atoms with Gasteiger partial charge in [-0.15, -0.1) is 11.3 Å². The predicted molar refractivity (Wildman–Crippen MR) is 58.1 cm³/mol. The van der Waals surface area contributed by atoms with Crippen LogP contribution in [0.5, 0.6) is 0 Å². The molecule has 0 atom stereocenters. The van der Waals surface area contributed by atoms with Gasteiger partial charge in [0.05, 0.1) is 5.69 Å². The molecule has 0 saturated heterocycles. The monoisotopic (exact) mass is 259 g/mol. The maximum Gasteiger partial charge on any atom is 0.194 e. The minimum atomic E-state index is 0.720. The lowest BCUT2D eigenvalue weighted by molar-refractivity contribution is 0.812. The molecule has 70 valence electrons. The van der Waals surface area contributed by atoms with Gasteiger partial charge in [-0.05, 0) is 35.3 Å². The van der Waals surface area contributed by atoms with Crippen LogP contribution in [0.15, 0.2) is 16.2 Å². The van der Waals surface area contributed by atoms with Crippen molar-refractivity contribution in [3.8, 4) is 0 Å². The van der Waals surface area contributed by atoms with E-state index in [4.69, 9.17) is 5.73 Å². The van der Waals surface area contributed by atoms with Crippen LogP contribution in [0.4, 0.5) is 0 Å². The Morgan fingerprint density at radius 1 is 1.62 bits per heavy atom. The number of hydrogen-bond acceptors (Lipinski definition) is 3. The fraction of sp³-hybridized carbons (Fsp3) is 0.375. The summed E-state index contributed by atoms with van der Waals surface area (Å²) >= 11 is 5.17. The molecule has 2 heterocycles. The molecule has 0 fully saturated rings. The second-order valence-electron chi connectivity index (χ2n) is 2.80. The highest BCUT2D eigenvalue weighted by atomic mass is 79.9. The molecular weight excluding hydrogens is 250 g/mol. The average molecular weight is 260 g/mol. The van der Waals surface area contributed by atoms with Gasteiger partial charge in [-0.1, -0.05) is 0 Å². The zero-order valence-electron chi connectivity index (χ0n) is 7.03. The fourth-order valence-electron chi connectivity index (χ4n) is 1.23. The molecule has 0 radical (unpaired) electrons. The van der Waals surface area contributed by atoms with E-state index in [-0.39, 0.29) is 0 Å². The van der Waals surface area contributed by atoms with Crippen LogP contribution in [-0.4, -0.2) is 15.9 Å². The minimum absolute atomic E-state index is 0.720. The lowest BCUT2D eigenvalue weighted by atomic mass is 10.2. The van der Waals surface area contributed by atoms with Crippen molar-refractivity contribution in [2.45, 2.75) is 12.8 Å². The third-order valence-electron chi connectivity index (χ3n) is 1.89. The lowest BCUT2D eigenvalue weighted by Crippen LogP contribution is -2.00. The number of rotatable bonds is 3. The smallest absolute Gasteiger partial charge is 0.194 e. The van der Waals surface area contributed by atoms with Crippen molar-refractivity contribution in [1.29, 1.82) is 0 Å². The van der Waals surface area contributed by atoms with Crippen molar-refractivity contribution in [3.63, 3.8) is 0 Å². The number of aryl methyl sites for hydroxylation is 1. The molecule has 0 amide bonds. The van der Waals surface area contributed by atoms with Gasteiger partial charge in [0.2, 0.25) is 0 Å². The summed E-state index contributed by atoms with van der Waals surface area (Å²) in [5.41, 5.74) is 6.56. The average Bonchev–Trinajstić information content (AvgIpc) is 2.67. The number of halogens is 1. The van der Waals surface area contributed by atoms with Crippen molar-refractivity contribution in [2.75, 3.05) is 6.54 Å². The molecule has 0 saturated carbocycles. The fourth-order valence-corrected chi connectivity index (χ4v) is 2.65. The van der Waals surface area contributed by atoms with Crippen molar-refractivity contribution >= 4 is 32.2 Å². The van der Waals surface area contributed by atoms with E-state index in [0.29, 0.717) is 0 Å². The topological polar surface area (TPSA) is 43.3 Å². The second-order valence-corrected chi connectivity index (χ2v) is 4.42. The first-order valence-corrected chi connectivity index (χ1v) is 5.80. The van der Waals surface area contributed by atoms with Gasteiger partial charge in [0, 0.05) is 11.6 Å². The van der Waals surface area contributed by atoms with Crippen LogP contribution in [0.3, 0.4) is 0 Å². The summed E-state index contributed by atoms with van der Waals surface area (Å²) in [6.45, 7) is 0.720. The van der Waals surface area contributed by atoms with E-state index in [1.54, 1.807) is 11.3 Å². The van der Waals surface area contributed by atoms with Gasteiger partial charge >= 0.3 is 0 Å². The van der Waals surface area contributed by atoms with Gasteiger partial charge in [0.1, 0.15) is 4.60 Å². The van der Waals surface area contributed by atoms with E-state index >= 15 is 0 Å². The first-order valence-electron chi connectivity index (χ1n) is 4.13. The summed E-state index contributed by atoms with van der Waals surface area (Å²) in [5, 5.41) is 2.03. The molecule has 0 spiro atoms. The van der Waals surface area contributed by atoms with Crippen molar-refractivity contribution in [3.05, 3.63) is 21.9 Å². The summed E-state index contributed by atoms with van der Waals surface area (Å²) in [7, 11) is 0. The van der Waals surface area contributed by atoms with E-state index in [1.807, 2.05) is 11.6 Å². The van der Waals surface area contributed by atoms with Gasteiger partial charge in [0.25, 0.3) is 0 Å². The number of aromatic nitrogens is 2. The van der Waals surface area contributed by atoms with Crippen LogP contribution in [0, 0.1) is 0 Å². The van der Waals surface area contributed by atoms with Crippen LogP contribution in [-0.2, 0) is 6.42 Å². The molecule has 2 N–H and O–H groups in total. The van der Waals surface area contributed by atoms with E-state index in [0.717, 1.165) is 34.6 Å². The lowest BCUT2D eigenvalue weighted by Gasteiger charge is -1.94. The Balaban J connectivity index is 2.34. The Bertz CT molecular complexity index is 406. The van der Waals surface area contributed by atoms with Gasteiger partial charge < -0.3 is 5.73 Å². The summed E-state index contributed by atoms with van der Waals surface area (Å²) in [6.07, 6.45) is 3.96. The van der Waals surface area contributed by atoms with E-state index in [2.05, 4.69) is 25.3 Å². The standard InChI is InChI=1S/C8H10BrN3S/c9-7-6(2-1-3-10)11-8-12(7)4-5-13-8/h4-5H,1-3,10H2. The van der Waals surface area contributed by atoms with Crippen LogP contribution in [0.1, 0.15) is 12.1 Å². The third kappa shape index (κ3) is 1.63. The molecule has 0 aromatic carbocycles. The molecule has 3 nitrogen and oxygen atoms in total. The SMILES string of the molecule is NCCCc1nc2sccn2c1Br. The van der Waals surface area contributed by atoms with Gasteiger partial charge in [-0.25, -0.2) is 4.98 Å². The highest BCUT2D eigenvalue weighted by Gasteiger charge is 2.08. The molecule has 13 heavy (non-hydrogen) atoms. The van der Waals surface area contributed by atoms with Crippen LogP contribution >= 0.6 is 27.3 Å². The summed E-state index contributed by atoms with van der Waals surface area (Å²) in [5.74, 6) is 0. The largest absolute Gasteiger partial charge is 0.330 e. The van der Waals surface area contributed by atoms with Crippen molar-refractivity contribution < 1.29 is 0 Å². The number of imidazole rings is 1. The first-order chi connectivity index (χ1) is 6.33. The Kier molecular flexibility index (Phi) is 2.66. The van der Waals surface area contributed by atoms with Crippen LogP contribution in [0.25, 0.3) is 4.96 Å². The zero-order chi connectivity index (χ0) is 9.26. The molecular formula is C8H10BrN3S. The van der Waals surface area contributed by atoms with Gasteiger partial charge in [-0.3, -0.25) is 4.40 Å². The Morgan fingerprint density at radius 3 is 3.15 bits per heavy atom. The van der Waals surface area contributed by atoms with E-state index < -0.39 is 0 Å². The quantitative estimate of drug-likeness (QED) is 0.917. The number of nitrogens with two attached hydrogens (primary N) is 1. The van der Waals surface area contributed by atoms with E-state index in [1.165, 1.54) is 0 Å². The molecule has 0 unspecified atom stereocenters. The molecule has 2 aromatic heterocycles. The third-order valence-corrected chi connectivity index (χ3v) is 3.48. The van der Waals surface area contributed by atoms with E-state index in [9.17, 15) is 0 Å². The number of fused-ring (bicyclic) bond motifs is 1. The predicted octanol–water partition coefficient (Wildman–Crippen LogP) is 2.05. The van der Waals surface area contributed by atoms with Crippen LogP contribution < -0.4 is 5.73 Å². The second kappa shape index (κ2) is 3.77. The summed E-state index contributed by atoms with van der Waals surface area (Å²) in [6, 6.07) is 0. The Hall–Kier alpha value is -0.390. The first kappa shape index (κ1) is 9.18. The normalized spacial score (nSPS) is 11.2. The highest BCUT2D eigenvalue weighted by Crippen LogP contribution is 2.22. The Morgan fingerprint density at radius 2 is 2.46 bits per heavy atom. The highest BCUT2D eigenvalue weighted by molar-refractivity contribution is 9.10. The van der Waals surface area contributed by atoms with Crippen molar-refractivity contribution in [1.82, 2.24) is 9.38 Å². The van der Waals surface area contributed by atoms with Crippen LogP contribution in [0.2, 0.25) is 0 Å². The summed E-state index contributed by atoms with van der Waals surface area (Å²) in [4.78, 5) is 5.53. The molecule has 0 aliphatic heterocycles. The molecule has 0 bridgehead atoms. The maximum absolute atomic E-state index is 5.45. The molecule has 2 aromatic rings. The minimum Gasteiger partial charge on any atom is -0.330 e. The Labute approximate surface area is 88.7 Å². The number of nitrogens with zero attached hydrogens (tertiary/aromatic N) is 2. The maximum atomic E-state index is 5.45. The zero-order valence-corrected chi connectivity index (χ0v) is 9.44. The number of thiazole rings is 1. The number of hydrogen-bond donors (Lipinski definition) is 1. The molecule has 5 heteroatoms. The van der Waals surface area contributed by atoms with Gasteiger partial charge in [-0.2, -0.15) is 0 Å². The molecule has 2 rings (SSSR count). The van der Waals surface area contributed by atoms with Crippen molar-refractivity contribution in [2.24, 2.45) is 5.73 Å². The van der Waals surface area contributed by atoms with Gasteiger partial charge in [0.15, 0.2) is 4.96 Å². The molecule has 0 aliphatic carbocycles. The summed E-state index contributed by atoms with van der Waals surface area (Å²) < 4.78 is 3.12.